The van der Waals surface area contributed by atoms with Crippen molar-refractivity contribution in [2.75, 3.05) is 19.4 Å². The van der Waals surface area contributed by atoms with Gasteiger partial charge in [0, 0.05) is 18.7 Å². The average molecular weight is 564 g/mol. The molecule has 2 unspecified atom stereocenters. The highest BCUT2D eigenvalue weighted by atomic mass is 32.1. The molecular formula is C26H33N3O9S. The molecule has 2 aromatic rings. The van der Waals surface area contributed by atoms with Crippen LogP contribution in [0.25, 0.3) is 0 Å². The summed E-state index contributed by atoms with van der Waals surface area (Å²) in [4.78, 5) is 60.0. The summed E-state index contributed by atoms with van der Waals surface area (Å²) in [5.41, 5.74) is 6.15. The first-order valence-corrected chi connectivity index (χ1v) is 12.4. The second kappa shape index (κ2) is 18.3. The van der Waals surface area contributed by atoms with Gasteiger partial charge in [-0.3, -0.25) is 14.4 Å². The second-order valence-corrected chi connectivity index (χ2v) is 8.28. The van der Waals surface area contributed by atoms with Crippen molar-refractivity contribution in [1.82, 2.24) is 10.2 Å². The van der Waals surface area contributed by atoms with Crippen molar-refractivity contribution >= 4 is 42.5 Å². The number of carbonyl (C=O) groups excluding carboxylic acids is 3. The van der Waals surface area contributed by atoms with Crippen LogP contribution in [0, 0.1) is 0 Å². The molecule has 0 aliphatic carbocycles. The van der Waals surface area contributed by atoms with Crippen molar-refractivity contribution in [3.05, 3.63) is 71.8 Å². The number of rotatable bonds is 13. The topological polar surface area (TPSA) is 186 Å². The number of carboxylic acid groups (broad SMARTS) is 2. The van der Waals surface area contributed by atoms with E-state index in [1.54, 1.807) is 30.3 Å². The fourth-order valence-electron chi connectivity index (χ4n) is 3.14. The minimum Gasteiger partial charge on any atom is -0.481 e. The number of ether oxygens (including phenoxy) is 2. The van der Waals surface area contributed by atoms with Crippen molar-refractivity contribution in [2.45, 2.75) is 38.1 Å². The summed E-state index contributed by atoms with van der Waals surface area (Å²) in [6, 6.07) is 15.7. The van der Waals surface area contributed by atoms with Crippen LogP contribution in [-0.2, 0) is 41.8 Å². The molecule has 2 aromatic carbocycles. The Balaban J connectivity index is 0.00000139. The smallest absolute Gasteiger partial charge is 0.417 e. The van der Waals surface area contributed by atoms with E-state index >= 15 is 0 Å². The fourth-order valence-corrected chi connectivity index (χ4v) is 3.43. The number of carbonyl (C=O) groups is 5. The summed E-state index contributed by atoms with van der Waals surface area (Å²) in [7, 11) is 1.10. The zero-order chi connectivity index (χ0) is 29.2. The molecule has 0 saturated carbocycles. The van der Waals surface area contributed by atoms with Crippen molar-refractivity contribution < 1.29 is 43.7 Å². The van der Waals surface area contributed by atoms with E-state index in [4.69, 9.17) is 19.7 Å². The summed E-state index contributed by atoms with van der Waals surface area (Å²) in [5.74, 6) is -3.84. The van der Waals surface area contributed by atoms with E-state index in [2.05, 4.69) is 23.7 Å². The standard InChI is InChI=1S/C24H28N2O7S.C2H5NO2/c1-32-23(30)20(12-13-21(27)28)26(24(31)33-15-18-10-6-3-7-11-18)22(29)19(16-34)25-14-17-8-4-2-5-9-17;3-1-2(4)5/h2-11,19-20,25,34H,12-16H2,1H3,(H,27,28);1,3H2,(H,4,5). The van der Waals surface area contributed by atoms with Gasteiger partial charge in [0.25, 0.3) is 5.91 Å². The fraction of sp³-hybridized carbons (Fsp3) is 0.346. The van der Waals surface area contributed by atoms with Crippen LogP contribution >= 0.6 is 12.6 Å². The Labute approximate surface area is 231 Å². The van der Waals surface area contributed by atoms with Crippen LogP contribution in [0.4, 0.5) is 4.79 Å². The Morgan fingerprint density at radius 1 is 0.949 bits per heavy atom. The van der Waals surface area contributed by atoms with E-state index in [1.807, 2.05) is 30.3 Å². The molecule has 2 amide bonds. The molecule has 12 nitrogen and oxygen atoms in total. The number of carboxylic acids is 2. The molecule has 0 aliphatic heterocycles. The van der Waals surface area contributed by atoms with Gasteiger partial charge in [0.15, 0.2) is 0 Å². The summed E-state index contributed by atoms with van der Waals surface area (Å²) in [6.45, 7) is -0.109. The Morgan fingerprint density at radius 3 is 1.95 bits per heavy atom. The molecule has 0 heterocycles. The maximum absolute atomic E-state index is 13.4. The summed E-state index contributed by atoms with van der Waals surface area (Å²) >= 11 is 4.23. The number of amides is 2. The van der Waals surface area contributed by atoms with E-state index in [1.165, 1.54) is 0 Å². The molecule has 13 heteroatoms. The first kappa shape index (κ1) is 33.1. The van der Waals surface area contributed by atoms with Gasteiger partial charge in [-0.05, 0) is 17.5 Å². The van der Waals surface area contributed by atoms with Gasteiger partial charge in [0.05, 0.1) is 19.7 Å². The minimum absolute atomic E-state index is 0.0148. The van der Waals surface area contributed by atoms with Gasteiger partial charge in [-0.15, -0.1) is 0 Å². The molecule has 0 aliphatic rings. The number of esters is 1. The largest absolute Gasteiger partial charge is 0.481 e. The molecule has 0 spiro atoms. The predicted octanol–water partition coefficient (Wildman–Crippen LogP) is 1.68. The van der Waals surface area contributed by atoms with E-state index < -0.39 is 48.4 Å². The van der Waals surface area contributed by atoms with E-state index in [9.17, 15) is 24.0 Å². The lowest BCUT2D eigenvalue weighted by molar-refractivity contribution is -0.153. The number of aliphatic carboxylic acids is 2. The molecule has 0 aromatic heterocycles. The van der Waals surface area contributed by atoms with Crippen LogP contribution in [0.1, 0.15) is 24.0 Å². The average Bonchev–Trinajstić information content (AvgIpc) is 2.95. The number of nitrogens with one attached hydrogen (secondary N) is 1. The second-order valence-electron chi connectivity index (χ2n) is 7.92. The number of nitrogens with zero attached hydrogens (tertiary/aromatic N) is 1. The number of methoxy groups -OCH3 is 1. The Kier molecular flexibility index (Phi) is 15.6. The molecule has 212 valence electrons. The van der Waals surface area contributed by atoms with Gasteiger partial charge in [0.1, 0.15) is 12.6 Å². The maximum atomic E-state index is 13.4. The number of nitrogens with two attached hydrogens (primary N) is 1. The minimum atomic E-state index is -1.47. The summed E-state index contributed by atoms with van der Waals surface area (Å²) < 4.78 is 10.1. The Morgan fingerprint density at radius 2 is 1.49 bits per heavy atom. The van der Waals surface area contributed by atoms with Gasteiger partial charge in [-0.25, -0.2) is 14.5 Å². The van der Waals surface area contributed by atoms with Crippen LogP contribution in [0.5, 0.6) is 0 Å². The lowest BCUT2D eigenvalue weighted by Crippen LogP contribution is -2.56. The van der Waals surface area contributed by atoms with E-state index in [0.29, 0.717) is 17.0 Å². The third-order valence-corrected chi connectivity index (χ3v) is 5.47. The van der Waals surface area contributed by atoms with Gasteiger partial charge in [-0.1, -0.05) is 60.7 Å². The summed E-state index contributed by atoms with van der Waals surface area (Å²) in [6.07, 6.45) is -1.87. The number of benzene rings is 2. The van der Waals surface area contributed by atoms with Gasteiger partial charge in [0.2, 0.25) is 0 Å². The first-order valence-electron chi connectivity index (χ1n) is 11.8. The van der Waals surface area contributed by atoms with E-state index in [0.717, 1.165) is 12.7 Å². The number of imide groups is 1. The van der Waals surface area contributed by atoms with Crippen LogP contribution < -0.4 is 11.1 Å². The molecule has 0 radical (unpaired) electrons. The molecule has 0 saturated heterocycles. The molecule has 0 fully saturated rings. The molecule has 2 rings (SSSR count). The quantitative estimate of drug-likeness (QED) is 0.176. The monoisotopic (exact) mass is 563 g/mol. The number of hydrogen-bond acceptors (Lipinski definition) is 10. The van der Waals surface area contributed by atoms with Crippen molar-refractivity contribution in [3.8, 4) is 0 Å². The zero-order valence-electron chi connectivity index (χ0n) is 21.4. The highest BCUT2D eigenvalue weighted by molar-refractivity contribution is 7.80. The number of thiol groups is 1. The number of hydrogen-bond donors (Lipinski definition) is 5. The zero-order valence-corrected chi connectivity index (χ0v) is 22.3. The third kappa shape index (κ3) is 12.4. The summed E-state index contributed by atoms with van der Waals surface area (Å²) in [5, 5.41) is 19.7. The Hall–Kier alpha value is -3.94. The van der Waals surface area contributed by atoms with Gasteiger partial charge >= 0.3 is 24.0 Å². The molecule has 5 N–H and O–H groups in total. The van der Waals surface area contributed by atoms with Gasteiger partial charge < -0.3 is 30.7 Å². The predicted molar refractivity (Wildman–Crippen MR) is 144 cm³/mol. The highest BCUT2D eigenvalue weighted by Gasteiger charge is 2.39. The normalized spacial score (nSPS) is 11.7. The molecule has 0 bridgehead atoms. The van der Waals surface area contributed by atoms with Crippen molar-refractivity contribution in [2.24, 2.45) is 5.73 Å². The Bertz CT molecular complexity index is 1070. The van der Waals surface area contributed by atoms with Crippen LogP contribution in [-0.4, -0.2) is 76.5 Å². The first-order chi connectivity index (χ1) is 18.6. The molecule has 2 atom stereocenters. The van der Waals surface area contributed by atoms with Crippen LogP contribution in [0.15, 0.2) is 60.7 Å². The highest BCUT2D eigenvalue weighted by Crippen LogP contribution is 2.16. The van der Waals surface area contributed by atoms with Crippen LogP contribution in [0.3, 0.4) is 0 Å². The lowest BCUT2D eigenvalue weighted by Gasteiger charge is -2.30. The van der Waals surface area contributed by atoms with Gasteiger partial charge in [-0.2, -0.15) is 12.6 Å². The lowest BCUT2D eigenvalue weighted by atomic mass is 10.1. The molecular weight excluding hydrogens is 530 g/mol. The SMILES string of the molecule is COC(=O)C(CCC(=O)O)N(C(=O)OCc1ccccc1)C(=O)C(CS)NCc1ccccc1.NCC(=O)O. The third-order valence-electron chi connectivity index (χ3n) is 5.11. The van der Waals surface area contributed by atoms with Crippen molar-refractivity contribution in [1.29, 1.82) is 0 Å². The maximum Gasteiger partial charge on any atom is 0.417 e. The van der Waals surface area contributed by atoms with Crippen LogP contribution in [0.2, 0.25) is 0 Å². The van der Waals surface area contributed by atoms with E-state index in [-0.39, 0.29) is 25.3 Å². The molecule has 39 heavy (non-hydrogen) atoms. The van der Waals surface area contributed by atoms with Crippen molar-refractivity contribution in [3.63, 3.8) is 0 Å².